The highest BCUT2D eigenvalue weighted by molar-refractivity contribution is 5.69. The van der Waals surface area contributed by atoms with Gasteiger partial charge in [0.1, 0.15) is 0 Å². The van der Waals surface area contributed by atoms with Gasteiger partial charge in [0.25, 0.3) is 0 Å². The second-order valence-corrected chi connectivity index (χ2v) is 5.72. The maximum absolute atomic E-state index is 11.3. The van der Waals surface area contributed by atoms with E-state index in [4.69, 9.17) is 4.74 Å². The molecule has 0 bridgehead atoms. The molecule has 1 aliphatic heterocycles. The average molecular weight is 257 g/mol. The molecule has 1 saturated heterocycles. The summed E-state index contributed by atoms with van der Waals surface area (Å²) in [6.07, 6.45) is 2.38. The van der Waals surface area contributed by atoms with Gasteiger partial charge >= 0.3 is 5.97 Å². The molecule has 0 aromatic carbocycles. The van der Waals surface area contributed by atoms with Crippen LogP contribution in [0.5, 0.6) is 0 Å². The van der Waals surface area contributed by atoms with Crippen LogP contribution in [0.4, 0.5) is 0 Å². The van der Waals surface area contributed by atoms with Crippen LogP contribution in [0.3, 0.4) is 0 Å². The number of carbonyl (C=O) groups is 1. The van der Waals surface area contributed by atoms with Gasteiger partial charge in [-0.1, -0.05) is 13.8 Å². The van der Waals surface area contributed by atoms with Crippen LogP contribution in [0.2, 0.25) is 0 Å². The van der Waals surface area contributed by atoms with E-state index in [1.807, 2.05) is 0 Å². The minimum atomic E-state index is -0.666. The highest BCUT2D eigenvalue weighted by atomic mass is 16.5. The number of rotatable bonds is 6. The summed E-state index contributed by atoms with van der Waals surface area (Å²) in [4.78, 5) is 13.7. The van der Waals surface area contributed by atoms with E-state index in [1.165, 1.54) is 0 Å². The van der Waals surface area contributed by atoms with Crippen LogP contribution in [0.1, 0.15) is 46.5 Å². The lowest BCUT2D eigenvalue weighted by Gasteiger charge is -2.38. The topological polar surface area (TPSA) is 49.8 Å². The minimum absolute atomic E-state index is 0.199. The number of likely N-dealkylation sites (tertiary alicyclic amines) is 1. The van der Waals surface area contributed by atoms with Crippen LogP contribution >= 0.6 is 0 Å². The quantitative estimate of drug-likeness (QED) is 0.737. The maximum atomic E-state index is 11.3. The number of piperidine rings is 1. The van der Waals surface area contributed by atoms with Crippen LogP contribution < -0.4 is 0 Å². The molecule has 4 nitrogen and oxygen atoms in total. The molecule has 1 aliphatic rings. The lowest BCUT2D eigenvalue weighted by Crippen LogP contribution is -2.45. The molecular formula is C14H27NO3. The zero-order valence-corrected chi connectivity index (χ0v) is 11.9. The van der Waals surface area contributed by atoms with Crippen molar-refractivity contribution >= 4 is 5.97 Å². The molecule has 0 aromatic heterocycles. The molecule has 0 radical (unpaired) electrons. The number of aliphatic hydroxyl groups is 1. The summed E-state index contributed by atoms with van der Waals surface area (Å²) < 4.78 is 4.89. The van der Waals surface area contributed by atoms with Crippen molar-refractivity contribution in [1.29, 1.82) is 0 Å². The van der Waals surface area contributed by atoms with Crippen molar-refractivity contribution in [3.63, 3.8) is 0 Å². The Morgan fingerprint density at radius 1 is 1.39 bits per heavy atom. The maximum Gasteiger partial charge on any atom is 0.305 e. The first kappa shape index (κ1) is 15.4. The Hall–Kier alpha value is -0.610. The van der Waals surface area contributed by atoms with Crippen molar-refractivity contribution in [2.75, 3.05) is 26.2 Å². The molecule has 0 saturated carbocycles. The van der Waals surface area contributed by atoms with Crippen molar-refractivity contribution in [2.45, 2.75) is 52.1 Å². The van der Waals surface area contributed by atoms with Crippen LogP contribution in [-0.2, 0) is 9.53 Å². The Kier molecular flexibility index (Phi) is 6.09. The summed E-state index contributed by atoms with van der Waals surface area (Å²) in [6, 6.07) is 0. The van der Waals surface area contributed by atoms with E-state index in [0.29, 0.717) is 25.4 Å². The number of esters is 1. The predicted molar refractivity (Wildman–Crippen MR) is 71.3 cm³/mol. The van der Waals surface area contributed by atoms with Gasteiger partial charge in [0.15, 0.2) is 0 Å². The number of ether oxygens (including phenoxy) is 1. The Labute approximate surface area is 110 Å². The first-order valence-corrected chi connectivity index (χ1v) is 7.05. The smallest absolute Gasteiger partial charge is 0.305 e. The zero-order valence-electron chi connectivity index (χ0n) is 11.9. The summed E-state index contributed by atoms with van der Waals surface area (Å²) in [5.41, 5.74) is -0.666. The molecule has 106 valence electrons. The molecule has 0 spiro atoms. The summed E-state index contributed by atoms with van der Waals surface area (Å²) in [5.74, 6) is 0.464. The van der Waals surface area contributed by atoms with E-state index in [0.717, 1.165) is 32.5 Å². The SMILES string of the molecule is CCOC(=O)CCC1(O)CCN(CC(C)C)CC1. The molecule has 1 N–H and O–H groups in total. The summed E-state index contributed by atoms with van der Waals surface area (Å²) in [7, 11) is 0. The van der Waals surface area contributed by atoms with Crippen molar-refractivity contribution in [3.8, 4) is 0 Å². The van der Waals surface area contributed by atoms with E-state index < -0.39 is 5.60 Å². The van der Waals surface area contributed by atoms with E-state index >= 15 is 0 Å². The van der Waals surface area contributed by atoms with Gasteiger partial charge in [-0.25, -0.2) is 0 Å². The average Bonchev–Trinajstić information content (AvgIpc) is 2.30. The van der Waals surface area contributed by atoms with Crippen molar-refractivity contribution in [3.05, 3.63) is 0 Å². The Balaban J connectivity index is 2.28. The van der Waals surface area contributed by atoms with Crippen molar-refractivity contribution in [1.82, 2.24) is 4.90 Å². The zero-order chi connectivity index (χ0) is 13.6. The second kappa shape index (κ2) is 7.10. The van der Waals surface area contributed by atoms with Crippen molar-refractivity contribution in [2.24, 2.45) is 5.92 Å². The number of hydrogen-bond acceptors (Lipinski definition) is 4. The van der Waals surface area contributed by atoms with Crippen LogP contribution in [0.15, 0.2) is 0 Å². The van der Waals surface area contributed by atoms with Crippen LogP contribution in [0, 0.1) is 5.92 Å². The first-order chi connectivity index (χ1) is 8.45. The van der Waals surface area contributed by atoms with E-state index in [2.05, 4.69) is 18.7 Å². The van der Waals surface area contributed by atoms with Gasteiger partial charge in [-0.15, -0.1) is 0 Å². The number of nitrogens with zero attached hydrogens (tertiary/aromatic N) is 1. The molecule has 1 heterocycles. The lowest BCUT2D eigenvalue weighted by atomic mass is 9.87. The summed E-state index contributed by atoms with van der Waals surface area (Å²) in [5, 5.41) is 10.4. The molecule has 1 fully saturated rings. The lowest BCUT2D eigenvalue weighted by molar-refractivity contribution is -0.145. The fourth-order valence-electron chi connectivity index (χ4n) is 2.49. The third kappa shape index (κ3) is 5.36. The molecule has 4 heteroatoms. The molecule has 0 aliphatic carbocycles. The van der Waals surface area contributed by atoms with Crippen LogP contribution in [-0.4, -0.2) is 47.8 Å². The van der Waals surface area contributed by atoms with E-state index in [1.54, 1.807) is 6.92 Å². The molecule has 18 heavy (non-hydrogen) atoms. The number of hydrogen-bond donors (Lipinski definition) is 1. The van der Waals surface area contributed by atoms with Gasteiger partial charge in [-0.2, -0.15) is 0 Å². The third-order valence-electron chi connectivity index (χ3n) is 3.51. The fourth-order valence-corrected chi connectivity index (χ4v) is 2.49. The molecule has 0 aromatic rings. The monoisotopic (exact) mass is 257 g/mol. The van der Waals surface area contributed by atoms with Gasteiger partial charge < -0.3 is 14.7 Å². The van der Waals surface area contributed by atoms with E-state index in [9.17, 15) is 9.90 Å². The third-order valence-corrected chi connectivity index (χ3v) is 3.51. The molecule has 0 atom stereocenters. The Morgan fingerprint density at radius 2 is 2.00 bits per heavy atom. The van der Waals surface area contributed by atoms with Gasteiger partial charge in [0, 0.05) is 26.1 Å². The highest BCUT2D eigenvalue weighted by Crippen LogP contribution is 2.27. The first-order valence-electron chi connectivity index (χ1n) is 7.05. The second-order valence-electron chi connectivity index (χ2n) is 5.72. The van der Waals surface area contributed by atoms with Gasteiger partial charge in [-0.3, -0.25) is 4.79 Å². The predicted octanol–water partition coefficient (Wildman–Crippen LogP) is 1.81. The van der Waals surface area contributed by atoms with Crippen LogP contribution in [0.25, 0.3) is 0 Å². The molecule has 0 unspecified atom stereocenters. The number of carbonyl (C=O) groups excluding carboxylic acids is 1. The summed E-state index contributed by atoms with van der Waals surface area (Å²) in [6.45, 7) is 9.59. The fraction of sp³-hybridized carbons (Fsp3) is 0.929. The van der Waals surface area contributed by atoms with Gasteiger partial charge in [0.2, 0.25) is 0 Å². The van der Waals surface area contributed by atoms with Crippen molar-refractivity contribution < 1.29 is 14.6 Å². The standard InChI is InChI=1S/C14H27NO3/c1-4-18-13(16)5-6-14(17)7-9-15(10-8-14)11-12(2)3/h12,17H,4-11H2,1-3H3. The highest BCUT2D eigenvalue weighted by Gasteiger charge is 2.32. The Morgan fingerprint density at radius 3 is 2.50 bits per heavy atom. The largest absolute Gasteiger partial charge is 0.466 e. The molecular weight excluding hydrogens is 230 g/mol. The van der Waals surface area contributed by atoms with Gasteiger partial charge in [-0.05, 0) is 32.1 Å². The normalized spacial score (nSPS) is 20.1. The van der Waals surface area contributed by atoms with Gasteiger partial charge in [0.05, 0.1) is 12.2 Å². The minimum Gasteiger partial charge on any atom is -0.466 e. The summed E-state index contributed by atoms with van der Waals surface area (Å²) >= 11 is 0. The molecule has 1 rings (SSSR count). The van der Waals surface area contributed by atoms with E-state index in [-0.39, 0.29) is 5.97 Å². The molecule has 0 amide bonds. The Bertz CT molecular complexity index is 258.